The molecule has 256 valence electrons. The maximum absolute atomic E-state index is 13.6. The number of rotatable bonds is 23. The molecule has 0 spiro atoms. The Bertz CT molecular complexity index is 1380. The summed E-state index contributed by atoms with van der Waals surface area (Å²) >= 11 is 0. The van der Waals surface area contributed by atoms with Gasteiger partial charge in [0, 0.05) is 6.42 Å². The van der Waals surface area contributed by atoms with Crippen LogP contribution in [0.4, 0.5) is 0 Å². The van der Waals surface area contributed by atoms with Crippen LogP contribution in [0, 0.1) is 11.8 Å². The molecule has 0 saturated heterocycles. The van der Waals surface area contributed by atoms with Gasteiger partial charge in [-0.05, 0) is 55.2 Å². The molecule has 3 aromatic carbocycles. The summed E-state index contributed by atoms with van der Waals surface area (Å²) in [5.74, 6) is -2.11. The minimum atomic E-state index is -0.712. The number of carbonyl (C=O) groups excluding carboxylic acids is 3. The van der Waals surface area contributed by atoms with Crippen molar-refractivity contribution < 1.29 is 29.0 Å². The first-order valence-corrected chi connectivity index (χ1v) is 16.7. The lowest BCUT2D eigenvalue weighted by atomic mass is 9.94. The summed E-state index contributed by atoms with van der Waals surface area (Å²) < 4.78 is 11.8. The number of carbonyl (C=O) groups is 3. The van der Waals surface area contributed by atoms with Gasteiger partial charge in [-0.2, -0.15) is 0 Å². The zero-order chi connectivity index (χ0) is 34.4. The SMILES string of the molecule is C=CCCCC(Cc1ccccc1)C(=O)OCC(COCc1ccccc1)NC(=O)C(CC=C)CC(=O)NC(CO)Cc1ccccc1. The fourth-order valence-corrected chi connectivity index (χ4v) is 5.41. The molecule has 0 aromatic heterocycles. The number of amides is 2. The van der Waals surface area contributed by atoms with Crippen LogP contribution in [0.5, 0.6) is 0 Å². The molecule has 0 saturated carbocycles. The van der Waals surface area contributed by atoms with Gasteiger partial charge in [0.15, 0.2) is 0 Å². The topological polar surface area (TPSA) is 114 Å². The predicted octanol–water partition coefficient (Wildman–Crippen LogP) is 5.75. The van der Waals surface area contributed by atoms with E-state index in [2.05, 4.69) is 23.8 Å². The van der Waals surface area contributed by atoms with E-state index in [9.17, 15) is 19.5 Å². The van der Waals surface area contributed by atoms with Crippen molar-refractivity contribution in [1.29, 1.82) is 0 Å². The molecule has 3 N–H and O–H groups in total. The minimum Gasteiger partial charge on any atom is -0.463 e. The van der Waals surface area contributed by atoms with E-state index in [0.717, 1.165) is 29.5 Å². The third-order valence-electron chi connectivity index (χ3n) is 7.99. The smallest absolute Gasteiger partial charge is 0.309 e. The number of allylic oxidation sites excluding steroid dienone is 2. The zero-order valence-corrected chi connectivity index (χ0v) is 27.8. The van der Waals surface area contributed by atoms with Gasteiger partial charge in [0.05, 0.1) is 43.7 Å². The Kier molecular flexibility index (Phi) is 17.5. The molecule has 0 fully saturated rings. The third-order valence-corrected chi connectivity index (χ3v) is 7.99. The van der Waals surface area contributed by atoms with Crippen LogP contribution in [0.25, 0.3) is 0 Å². The van der Waals surface area contributed by atoms with Crippen molar-refractivity contribution in [2.45, 2.75) is 63.6 Å². The van der Waals surface area contributed by atoms with Crippen LogP contribution in [-0.4, -0.2) is 54.8 Å². The molecule has 2 amide bonds. The first-order chi connectivity index (χ1) is 23.4. The molecule has 0 heterocycles. The van der Waals surface area contributed by atoms with Gasteiger partial charge < -0.3 is 25.2 Å². The number of esters is 1. The van der Waals surface area contributed by atoms with Crippen LogP contribution < -0.4 is 10.6 Å². The van der Waals surface area contributed by atoms with Crippen LogP contribution in [0.1, 0.15) is 48.8 Å². The molecule has 0 bridgehead atoms. The van der Waals surface area contributed by atoms with Crippen LogP contribution >= 0.6 is 0 Å². The number of hydrogen-bond donors (Lipinski definition) is 3. The largest absolute Gasteiger partial charge is 0.463 e. The average molecular weight is 655 g/mol. The van der Waals surface area contributed by atoms with Gasteiger partial charge in [-0.25, -0.2) is 0 Å². The highest BCUT2D eigenvalue weighted by molar-refractivity contribution is 5.86. The molecule has 4 atom stereocenters. The van der Waals surface area contributed by atoms with Gasteiger partial charge >= 0.3 is 5.97 Å². The summed E-state index contributed by atoms with van der Waals surface area (Å²) in [6.07, 6.45) is 6.89. The molecule has 8 heteroatoms. The van der Waals surface area contributed by atoms with Gasteiger partial charge in [0.1, 0.15) is 6.61 Å². The molecular weight excluding hydrogens is 604 g/mol. The van der Waals surface area contributed by atoms with E-state index in [4.69, 9.17) is 9.47 Å². The number of unbranched alkanes of at least 4 members (excludes halogenated alkanes) is 1. The van der Waals surface area contributed by atoms with Gasteiger partial charge in [-0.3, -0.25) is 14.4 Å². The second kappa shape index (κ2) is 22.1. The number of aliphatic hydroxyl groups is 1. The van der Waals surface area contributed by atoms with E-state index in [1.807, 2.05) is 97.1 Å². The fourth-order valence-electron chi connectivity index (χ4n) is 5.41. The first-order valence-electron chi connectivity index (χ1n) is 16.7. The molecule has 3 rings (SSSR count). The Balaban J connectivity index is 1.65. The summed E-state index contributed by atoms with van der Waals surface area (Å²) in [7, 11) is 0. The summed E-state index contributed by atoms with van der Waals surface area (Å²) in [5, 5.41) is 15.7. The average Bonchev–Trinajstić information content (AvgIpc) is 3.10. The lowest BCUT2D eigenvalue weighted by Gasteiger charge is -2.24. The lowest BCUT2D eigenvalue weighted by molar-refractivity contribution is -0.150. The number of benzene rings is 3. The predicted molar refractivity (Wildman–Crippen MR) is 189 cm³/mol. The molecule has 48 heavy (non-hydrogen) atoms. The quantitative estimate of drug-likeness (QED) is 0.0682. The normalized spacial score (nSPS) is 13.4. The molecular formula is C40H50N2O6. The van der Waals surface area contributed by atoms with Gasteiger partial charge in [0.25, 0.3) is 0 Å². The minimum absolute atomic E-state index is 0.0806. The molecule has 0 aliphatic carbocycles. The van der Waals surface area contributed by atoms with Crippen LogP contribution in [0.2, 0.25) is 0 Å². The number of hydrogen-bond acceptors (Lipinski definition) is 6. The molecule has 3 aromatic rings. The van der Waals surface area contributed by atoms with E-state index in [1.54, 1.807) is 6.08 Å². The maximum atomic E-state index is 13.6. The maximum Gasteiger partial charge on any atom is 0.309 e. The highest BCUT2D eigenvalue weighted by Gasteiger charge is 2.27. The van der Waals surface area contributed by atoms with Crippen molar-refractivity contribution in [3.05, 3.63) is 133 Å². The van der Waals surface area contributed by atoms with Crippen molar-refractivity contribution in [2.75, 3.05) is 19.8 Å². The Morgan fingerprint density at radius 3 is 1.92 bits per heavy atom. The fraction of sp³-hybridized carbons (Fsp3) is 0.375. The van der Waals surface area contributed by atoms with E-state index in [-0.39, 0.29) is 56.4 Å². The van der Waals surface area contributed by atoms with Gasteiger partial charge in [0.2, 0.25) is 11.8 Å². The molecule has 8 nitrogen and oxygen atoms in total. The summed E-state index contributed by atoms with van der Waals surface area (Å²) in [5.41, 5.74) is 3.00. The van der Waals surface area contributed by atoms with Crippen molar-refractivity contribution in [3.8, 4) is 0 Å². The van der Waals surface area contributed by atoms with Crippen molar-refractivity contribution in [1.82, 2.24) is 10.6 Å². The van der Waals surface area contributed by atoms with Crippen molar-refractivity contribution >= 4 is 17.8 Å². The zero-order valence-electron chi connectivity index (χ0n) is 27.8. The van der Waals surface area contributed by atoms with E-state index in [0.29, 0.717) is 25.9 Å². The van der Waals surface area contributed by atoms with Gasteiger partial charge in [-0.1, -0.05) is 103 Å². The highest BCUT2D eigenvalue weighted by atomic mass is 16.5. The number of ether oxygens (including phenoxy) is 2. The third kappa shape index (κ3) is 14.5. The second-order valence-electron chi connectivity index (χ2n) is 12.0. The Labute approximate surface area is 285 Å². The molecule has 4 unspecified atom stereocenters. The second-order valence-corrected chi connectivity index (χ2v) is 12.0. The highest BCUT2D eigenvalue weighted by Crippen LogP contribution is 2.18. The van der Waals surface area contributed by atoms with Crippen molar-refractivity contribution in [2.24, 2.45) is 11.8 Å². The van der Waals surface area contributed by atoms with E-state index < -0.39 is 18.0 Å². The monoisotopic (exact) mass is 654 g/mol. The summed E-state index contributed by atoms with van der Waals surface area (Å²) in [4.78, 5) is 40.0. The van der Waals surface area contributed by atoms with Gasteiger partial charge in [-0.15, -0.1) is 13.2 Å². The standard InChI is InChI=1S/C40H50N2O6/c1-3-5-9-23-35(24-31-17-10-6-11-18-31)40(46)48-30-37(29-47-28-33-21-14-8-15-22-33)42-39(45)34(16-4-2)26-38(44)41-36(27-43)25-32-19-12-7-13-20-32/h3-4,6-8,10-15,17-22,34-37,43H,1-2,5,9,16,23-30H2,(H,41,44)(H,42,45). The molecule has 0 radical (unpaired) electrons. The lowest BCUT2D eigenvalue weighted by Crippen LogP contribution is -2.46. The number of nitrogens with one attached hydrogen (secondary N) is 2. The van der Waals surface area contributed by atoms with Crippen LogP contribution in [0.3, 0.4) is 0 Å². The molecule has 0 aliphatic heterocycles. The Morgan fingerprint density at radius 2 is 1.33 bits per heavy atom. The Morgan fingerprint density at radius 1 is 0.729 bits per heavy atom. The first kappa shape index (κ1) is 37.9. The van der Waals surface area contributed by atoms with Crippen LogP contribution in [0.15, 0.2) is 116 Å². The number of aliphatic hydroxyl groups excluding tert-OH is 1. The van der Waals surface area contributed by atoms with Crippen molar-refractivity contribution in [3.63, 3.8) is 0 Å². The summed E-state index contributed by atoms with van der Waals surface area (Å²) in [6, 6.07) is 27.9. The van der Waals surface area contributed by atoms with E-state index in [1.165, 1.54) is 0 Å². The Hall–Kier alpha value is -4.53. The summed E-state index contributed by atoms with van der Waals surface area (Å²) in [6.45, 7) is 7.68. The van der Waals surface area contributed by atoms with E-state index >= 15 is 0 Å². The molecule has 0 aliphatic rings. The van der Waals surface area contributed by atoms with Crippen LogP contribution in [-0.2, 0) is 43.3 Å².